The lowest BCUT2D eigenvalue weighted by molar-refractivity contribution is -0.385. The lowest BCUT2D eigenvalue weighted by Gasteiger charge is -2.22. The largest absolute Gasteiger partial charge is 0.434 e. The number of ether oxygens (including phenoxy) is 1. The van der Waals surface area contributed by atoms with Crippen LogP contribution in [-0.4, -0.2) is 21.4 Å². The molecular formula is C21H22N4O3. The third kappa shape index (κ3) is 3.93. The van der Waals surface area contributed by atoms with E-state index < -0.39 is 4.92 Å². The molecular weight excluding hydrogens is 356 g/mol. The van der Waals surface area contributed by atoms with E-state index in [-0.39, 0.29) is 17.4 Å². The summed E-state index contributed by atoms with van der Waals surface area (Å²) in [6, 6.07) is 13.2. The van der Waals surface area contributed by atoms with Crippen molar-refractivity contribution in [3.63, 3.8) is 0 Å². The van der Waals surface area contributed by atoms with Crippen LogP contribution in [0.2, 0.25) is 0 Å². The van der Waals surface area contributed by atoms with E-state index >= 15 is 0 Å². The van der Waals surface area contributed by atoms with E-state index in [1.54, 1.807) is 11.0 Å². The average molecular weight is 378 g/mol. The second kappa shape index (κ2) is 8.04. The molecule has 1 aromatic heterocycles. The maximum absolute atomic E-state index is 11.9. The zero-order chi connectivity index (χ0) is 20.3. The molecule has 0 saturated carbocycles. The molecule has 0 aliphatic carbocycles. The topological polar surface area (TPSA) is 81.4 Å². The molecule has 0 aliphatic rings. The Balaban J connectivity index is 2.08. The van der Waals surface area contributed by atoms with Gasteiger partial charge in [0.25, 0.3) is 0 Å². The molecule has 3 aromatic rings. The summed E-state index contributed by atoms with van der Waals surface area (Å²) in [7, 11) is 0. The molecule has 1 heterocycles. The average Bonchev–Trinajstić information content (AvgIpc) is 2.65. The summed E-state index contributed by atoms with van der Waals surface area (Å²) in [5, 5.41) is 11.9. The molecule has 0 saturated heterocycles. The number of nitro groups is 1. The predicted molar refractivity (Wildman–Crippen MR) is 109 cm³/mol. The molecule has 0 radical (unpaired) electrons. The second-order valence-electron chi connectivity index (χ2n) is 6.54. The van der Waals surface area contributed by atoms with E-state index in [1.807, 2.05) is 64.1 Å². The van der Waals surface area contributed by atoms with Crippen LogP contribution in [0.15, 0.2) is 48.8 Å². The van der Waals surface area contributed by atoms with Crippen LogP contribution in [0.4, 0.5) is 17.2 Å². The molecule has 0 amide bonds. The Kier molecular flexibility index (Phi) is 5.54. The number of rotatable bonds is 6. The summed E-state index contributed by atoms with van der Waals surface area (Å²) >= 11 is 0. The van der Waals surface area contributed by atoms with Crippen molar-refractivity contribution in [3.05, 3.63) is 75.6 Å². The van der Waals surface area contributed by atoms with Gasteiger partial charge in [0.15, 0.2) is 0 Å². The first-order valence-electron chi connectivity index (χ1n) is 8.99. The van der Waals surface area contributed by atoms with Crippen LogP contribution in [0.1, 0.15) is 23.6 Å². The Hall–Kier alpha value is -3.48. The van der Waals surface area contributed by atoms with Gasteiger partial charge < -0.3 is 9.64 Å². The smallest absolute Gasteiger partial charge is 0.373 e. The van der Waals surface area contributed by atoms with Crippen molar-refractivity contribution in [1.82, 2.24) is 9.97 Å². The van der Waals surface area contributed by atoms with Crippen molar-refractivity contribution < 1.29 is 9.66 Å². The number of aromatic nitrogens is 2. The quantitative estimate of drug-likeness (QED) is 0.430. The number of hydrogen-bond donors (Lipinski definition) is 0. The molecule has 0 N–H and O–H groups in total. The van der Waals surface area contributed by atoms with Crippen molar-refractivity contribution in [2.24, 2.45) is 0 Å². The van der Waals surface area contributed by atoms with E-state index in [4.69, 9.17) is 4.74 Å². The van der Waals surface area contributed by atoms with Gasteiger partial charge >= 0.3 is 11.6 Å². The number of nitrogens with zero attached hydrogens (tertiary/aromatic N) is 4. The van der Waals surface area contributed by atoms with Gasteiger partial charge in [-0.3, -0.25) is 10.1 Å². The fourth-order valence-electron chi connectivity index (χ4n) is 2.93. The van der Waals surface area contributed by atoms with Crippen molar-refractivity contribution in [1.29, 1.82) is 0 Å². The maximum atomic E-state index is 11.9. The van der Waals surface area contributed by atoms with Crippen LogP contribution < -0.4 is 9.64 Å². The Morgan fingerprint density at radius 3 is 2.50 bits per heavy atom. The standard InChI is InChI=1S/C21H22N4O3/c1-5-24(17-8-6-7-14(2)11-17)20-19(25(26)27)21(23-13-22-20)28-18-10-9-15(3)16(4)12-18/h6-13H,5H2,1-4H3. The van der Waals surface area contributed by atoms with Gasteiger partial charge in [0.2, 0.25) is 5.82 Å². The Morgan fingerprint density at radius 1 is 1.07 bits per heavy atom. The molecule has 2 aromatic carbocycles. The van der Waals surface area contributed by atoms with E-state index in [0.29, 0.717) is 12.3 Å². The van der Waals surface area contributed by atoms with E-state index in [9.17, 15) is 10.1 Å². The highest BCUT2D eigenvalue weighted by Crippen LogP contribution is 2.39. The van der Waals surface area contributed by atoms with Gasteiger partial charge in [-0.2, -0.15) is 4.98 Å². The highest BCUT2D eigenvalue weighted by molar-refractivity contribution is 5.71. The molecule has 7 heteroatoms. The summed E-state index contributed by atoms with van der Waals surface area (Å²) in [6.07, 6.45) is 1.29. The van der Waals surface area contributed by atoms with Crippen molar-refractivity contribution in [3.8, 4) is 11.6 Å². The minimum absolute atomic E-state index is 0.0793. The van der Waals surface area contributed by atoms with Crippen molar-refractivity contribution in [2.45, 2.75) is 27.7 Å². The highest BCUT2D eigenvalue weighted by Gasteiger charge is 2.29. The third-order valence-electron chi connectivity index (χ3n) is 4.53. The summed E-state index contributed by atoms with van der Waals surface area (Å²) < 4.78 is 5.78. The first-order chi connectivity index (χ1) is 13.4. The number of aryl methyl sites for hydroxylation is 3. The molecule has 144 valence electrons. The van der Waals surface area contributed by atoms with E-state index in [0.717, 1.165) is 22.4 Å². The fraction of sp³-hybridized carbons (Fsp3) is 0.238. The molecule has 0 fully saturated rings. The third-order valence-corrected chi connectivity index (χ3v) is 4.53. The van der Waals surface area contributed by atoms with Gasteiger partial charge in [0.1, 0.15) is 12.1 Å². The molecule has 0 atom stereocenters. The van der Waals surface area contributed by atoms with Gasteiger partial charge in [0, 0.05) is 12.2 Å². The Labute approximate surface area is 163 Å². The normalized spacial score (nSPS) is 10.6. The van der Waals surface area contributed by atoms with Crippen LogP contribution in [-0.2, 0) is 0 Å². The van der Waals surface area contributed by atoms with Crippen LogP contribution in [0.25, 0.3) is 0 Å². The monoisotopic (exact) mass is 378 g/mol. The maximum Gasteiger partial charge on any atom is 0.373 e. The van der Waals surface area contributed by atoms with Gasteiger partial charge in [-0.15, -0.1) is 0 Å². The molecule has 28 heavy (non-hydrogen) atoms. The molecule has 0 spiro atoms. The zero-order valence-corrected chi connectivity index (χ0v) is 16.3. The summed E-state index contributed by atoms with van der Waals surface area (Å²) in [4.78, 5) is 21.4. The highest BCUT2D eigenvalue weighted by atomic mass is 16.6. The van der Waals surface area contributed by atoms with E-state index in [1.165, 1.54) is 6.33 Å². The van der Waals surface area contributed by atoms with Gasteiger partial charge in [-0.05, 0) is 68.7 Å². The van der Waals surface area contributed by atoms with Gasteiger partial charge in [-0.25, -0.2) is 4.98 Å². The van der Waals surface area contributed by atoms with Crippen LogP contribution in [0, 0.1) is 30.9 Å². The Bertz CT molecular complexity index is 1020. The molecule has 7 nitrogen and oxygen atoms in total. The number of hydrogen-bond acceptors (Lipinski definition) is 6. The minimum Gasteiger partial charge on any atom is -0.434 e. The minimum atomic E-state index is -0.496. The van der Waals surface area contributed by atoms with Crippen LogP contribution in [0.5, 0.6) is 11.6 Å². The lowest BCUT2D eigenvalue weighted by atomic mass is 10.1. The lowest BCUT2D eigenvalue weighted by Crippen LogP contribution is -2.19. The second-order valence-corrected chi connectivity index (χ2v) is 6.54. The molecule has 0 bridgehead atoms. The SMILES string of the molecule is CCN(c1cccc(C)c1)c1ncnc(Oc2ccc(C)c(C)c2)c1[N+](=O)[O-]. The molecule has 3 rings (SSSR count). The summed E-state index contributed by atoms with van der Waals surface area (Å²) in [5.41, 5.74) is 3.76. The first-order valence-corrected chi connectivity index (χ1v) is 8.99. The zero-order valence-electron chi connectivity index (χ0n) is 16.3. The summed E-state index contributed by atoms with van der Waals surface area (Å²) in [5.74, 6) is 0.616. The molecule has 0 aliphatic heterocycles. The van der Waals surface area contributed by atoms with Gasteiger partial charge in [-0.1, -0.05) is 18.2 Å². The van der Waals surface area contributed by atoms with Crippen LogP contribution >= 0.6 is 0 Å². The van der Waals surface area contributed by atoms with E-state index in [2.05, 4.69) is 9.97 Å². The van der Waals surface area contributed by atoms with Crippen molar-refractivity contribution in [2.75, 3.05) is 11.4 Å². The Morgan fingerprint density at radius 2 is 1.86 bits per heavy atom. The number of anilines is 2. The first kappa shape index (κ1) is 19.3. The van der Waals surface area contributed by atoms with Gasteiger partial charge in [0.05, 0.1) is 4.92 Å². The fourth-order valence-corrected chi connectivity index (χ4v) is 2.93. The summed E-state index contributed by atoms with van der Waals surface area (Å²) in [6.45, 7) is 8.34. The molecule has 0 unspecified atom stereocenters. The van der Waals surface area contributed by atoms with Crippen molar-refractivity contribution >= 4 is 17.2 Å². The predicted octanol–water partition coefficient (Wildman–Crippen LogP) is 5.26. The van der Waals surface area contributed by atoms with Crippen LogP contribution in [0.3, 0.4) is 0 Å². The number of benzene rings is 2.